The van der Waals surface area contributed by atoms with Gasteiger partial charge >= 0.3 is 5.97 Å². The highest BCUT2D eigenvalue weighted by atomic mass is 32.1. The zero-order valence-corrected chi connectivity index (χ0v) is 11.8. The van der Waals surface area contributed by atoms with E-state index in [9.17, 15) is 9.59 Å². The molecule has 0 bridgehead atoms. The molecular formula is C14H11N3O3S. The summed E-state index contributed by atoms with van der Waals surface area (Å²) in [7, 11) is 0. The number of carboxylic acids is 1. The molecule has 21 heavy (non-hydrogen) atoms. The number of imidazole rings is 1. The molecule has 6 nitrogen and oxygen atoms in total. The van der Waals surface area contributed by atoms with Gasteiger partial charge in [0.2, 0.25) is 0 Å². The Balaban J connectivity index is 1.91. The average Bonchev–Trinajstić information content (AvgIpc) is 3.02. The Morgan fingerprint density at radius 3 is 2.81 bits per heavy atom. The number of carbonyl (C=O) groups excluding carboxylic acids is 1. The van der Waals surface area contributed by atoms with Crippen molar-refractivity contribution in [1.82, 2.24) is 9.38 Å². The molecule has 0 atom stereocenters. The van der Waals surface area contributed by atoms with Crippen molar-refractivity contribution in [2.45, 2.75) is 6.92 Å². The highest BCUT2D eigenvalue weighted by molar-refractivity contribution is 7.15. The van der Waals surface area contributed by atoms with Crippen molar-refractivity contribution in [2.24, 2.45) is 0 Å². The monoisotopic (exact) mass is 301 g/mol. The number of nitrogens with zero attached hydrogens (tertiary/aromatic N) is 2. The van der Waals surface area contributed by atoms with Gasteiger partial charge in [0.05, 0.1) is 11.3 Å². The van der Waals surface area contributed by atoms with Crippen LogP contribution in [-0.2, 0) is 0 Å². The maximum Gasteiger partial charge on any atom is 0.337 e. The molecule has 0 aliphatic carbocycles. The lowest BCUT2D eigenvalue weighted by Crippen LogP contribution is -2.15. The molecule has 1 aromatic carbocycles. The number of para-hydroxylation sites is 1. The van der Waals surface area contributed by atoms with E-state index in [-0.39, 0.29) is 16.9 Å². The van der Waals surface area contributed by atoms with E-state index in [1.807, 2.05) is 16.7 Å². The van der Waals surface area contributed by atoms with Crippen LogP contribution >= 0.6 is 11.3 Å². The van der Waals surface area contributed by atoms with Crippen molar-refractivity contribution < 1.29 is 14.7 Å². The third-order valence-corrected chi connectivity index (χ3v) is 3.98. The Kier molecular flexibility index (Phi) is 3.19. The summed E-state index contributed by atoms with van der Waals surface area (Å²) in [6.07, 6.45) is 1.64. The van der Waals surface area contributed by atoms with Gasteiger partial charge in [0.25, 0.3) is 5.91 Å². The first-order chi connectivity index (χ1) is 10.1. The molecular weight excluding hydrogens is 290 g/mol. The molecule has 0 radical (unpaired) electrons. The number of aromatic nitrogens is 2. The van der Waals surface area contributed by atoms with Crippen molar-refractivity contribution in [3.63, 3.8) is 0 Å². The van der Waals surface area contributed by atoms with Gasteiger partial charge in [-0.25, -0.2) is 9.78 Å². The summed E-state index contributed by atoms with van der Waals surface area (Å²) in [6, 6.07) is 6.26. The van der Waals surface area contributed by atoms with Gasteiger partial charge in [-0.2, -0.15) is 0 Å². The first kappa shape index (κ1) is 13.3. The van der Waals surface area contributed by atoms with Gasteiger partial charge in [-0.3, -0.25) is 9.20 Å². The van der Waals surface area contributed by atoms with Crippen LogP contribution in [0.1, 0.15) is 26.5 Å². The molecule has 3 rings (SSSR count). The van der Waals surface area contributed by atoms with Crippen LogP contribution in [0.3, 0.4) is 0 Å². The summed E-state index contributed by atoms with van der Waals surface area (Å²) in [5, 5.41) is 13.6. The van der Waals surface area contributed by atoms with Crippen LogP contribution in [0.2, 0.25) is 0 Å². The fourth-order valence-corrected chi connectivity index (χ4v) is 2.82. The summed E-state index contributed by atoms with van der Waals surface area (Å²) in [5.41, 5.74) is 1.55. The number of benzene rings is 1. The van der Waals surface area contributed by atoms with Gasteiger partial charge in [-0.1, -0.05) is 12.1 Å². The molecule has 1 amide bonds. The molecule has 0 aliphatic rings. The average molecular weight is 301 g/mol. The predicted molar refractivity (Wildman–Crippen MR) is 79.2 cm³/mol. The zero-order chi connectivity index (χ0) is 15.0. The van der Waals surface area contributed by atoms with E-state index in [0.29, 0.717) is 0 Å². The Bertz CT molecular complexity index is 850. The van der Waals surface area contributed by atoms with Crippen LogP contribution in [0.5, 0.6) is 0 Å². The lowest BCUT2D eigenvalue weighted by atomic mass is 10.2. The van der Waals surface area contributed by atoms with E-state index in [4.69, 9.17) is 5.11 Å². The maximum absolute atomic E-state index is 12.2. The molecule has 106 valence electrons. The highest BCUT2D eigenvalue weighted by Crippen LogP contribution is 2.18. The van der Waals surface area contributed by atoms with E-state index in [1.165, 1.54) is 17.4 Å². The van der Waals surface area contributed by atoms with Crippen molar-refractivity contribution in [2.75, 3.05) is 5.32 Å². The molecule has 2 N–H and O–H groups in total. The van der Waals surface area contributed by atoms with Crippen LogP contribution in [0.25, 0.3) is 4.96 Å². The second kappa shape index (κ2) is 5.02. The number of anilines is 1. The van der Waals surface area contributed by atoms with Gasteiger partial charge in [0.1, 0.15) is 5.69 Å². The first-order valence-electron chi connectivity index (χ1n) is 6.13. The second-order valence-electron chi connectivity index (χ2n) is 4.46. The van der Waals surface area contributed by atoms with Crippen molar-refractivity contribution in [3.8, 4) is 0 Å². The standard InChI is InChI=1S/C14H11N3O3S/c1-8-7-21-14-16-11(6-17(8)14)12(18)15-10-5-3-2-4-9(10)13(19)20/h2-7H,1H3,(H,15,18)(H,19,20). The van der Waals surface area contributed by atoms with Crippen molar-refractivity contribution >= 4 is 33.9 Å². The molecule has 3 aromatic rings. The Hall–Kier alpha value is -2.67. The number of hydrogen-bond donors (Lipinski definition) is 2. The van der Waals surface area contributed by atoms with Crippen LogP contribution < -0.4 is 5.32 Å². The number of rotatable bonds is 3. The van der Waals surface area contributed by atoms with Gasteiger partial charge in [0, 0.05) is 17.3 Å². The van der Waals surface area contributed by atoms with Gasteiger partial charge < -0.3 is 10.4 Å². The van der Waals surface area contributed by atoms with E-state index >= 15 is 0 Å². The molecule has 0 unspecified atom stereocenters. The maximum atomic E-state index is 12.2. The minimum Gasteiger partial charge on any atom is -0.478 e. The van der Waals surface area contributed by atoms with Crippen LogP contribution in [0.4, 0.5) is 5.69 Å². The molecule has 0 saturated carbocycles. The van der Waals surface area contributed by atoms with Gasteiger partial charge in [-0.05, 0) is 19.1 Å². The SMILES string of the molecule is Cc1csc2nc(C(=O)Nc3ccccc3C(=O)O)cn12. The van der Waals surface area contributed by atoms with Crippen molar-refractivity contribution in [3.05, 3.63) is 52.8 Å². The molecule has 2 aromatic heterocycles. The summed E-state index contributed by atoms with van der Waals surface area (Å²) in [4.78, 5) is 28.3. The minimum absolute atomic E-state index is 0.0445. The lowest BCUT2D eigenvalue weighted by Gasteiger charge is -2.06. The largest absolute Gasteiger partial charge is 0.478 e. The number of thiazole rings is 1. The van der Waals surface area contributed by atoms with E-state index in [1.54, 1.807) is 24.4 Å². The third kappa shape index (κ3) is 2.38. The van der Waals surface area contributed by atoms with Crippen LogP contribution in [-0.4, -0.2) is 26.4 Å². The number of hydrogen-bond acceptors (Lipinski definition) is 4. The molecule has 2 heterocycles. The number of fused-ring (bicyclic) bond motifs is 1. The van der Waals surface area contributed by atoms with E-state index in [0.717, 1.165) is 10.7 Å². The number of nitrogens with one attached hydrogen (secondary N) is 1. The molecule has 7 heteroatoms. The number of aromatic carboxylic acids is 1. The smallest absolute Gasteiger partial charge is 0.337 e. The summed E-state index contributed by atoms with van der Waals surface area (Å²) in [5.74, 6) is -1.52. The van der Waals surface area contributed by atoms with E-state index < -0.39 is 11.9 Å². The van der Waals surface area contributed by atoms with Crippen molar-refractivity contribution in [1.29, 1.82) is 0 Å². The zero-order valence-electron chi connectivity index (χ0n) is 11.0. The molecule has 0 spiro atoms. The Labute approximate surface area is 123 Å². The number of carboxylic acid groups (broad SMARTS) is 1. The van der Waals surface area contributed by atoms with Crippen LogP contribution in [0.15, 0.2) is 35.8 Å². The fraction of sp³-hybridized carbons (Fsp3) is 0.0714. The Morgan fingerprint density at radius 1 is 1.33 bits per heavy atom. The first-order valence-corrected chi connectivity index (χ1v) is 7.01. The number of carbonyl (C=O) groups is 2. The minimum atomic E-state index is -1.09. The normalized spacial score (nSPS) is 10.7. The summed E-state index contributed by atoms with van der Waals surface area (Å²) >= 11 is 1.44. The highest BCUT2D eigenvalue weighted by Gasteiger charge is 2.16. The van der Waals surface area contributed by atoms with Gasteiger partial charge in [-0.15, -0.1) is 11.3 Å². The topological polar surface area (TPSA) is 83.7 Å². The second-order valence-corrected chi connectivity index (χ2v) is 5.30. The summed E-state index contributed by atoms with van der Waals surface area (Å²) in [6.45, 7) is 1.92. The third-order valence-electron chi connectivity index (χ3n) is 3.03. The molecule has 0 aliphatic heterocycles. The molecule has 0 fully saturated rings. The fourth-order valence-electron chi connectivity index (χ4n) is 1.97. The Morgan fingerprint density at radius 2 is 2.10 bits per heavy atom. The number of amides is 1. The quantitative estimate of drug-likeness (QED) is 0.779. The molecule has 0 saturated heterocycles. The number of aryl methyl sites for hydroxylation is 1. The predicted octanol–water partition coefficient (Wildman–Crippen LogP) is 2.65. The van der Waals surface area contributed by atoms with E-state index in [2.05, 4.69) is 10.3 Å². The lowest BCUT2D eigenvalue weighted by molar-refractivity contribution is 0.0698. The summed E-state index contributed by atoms with van der Waals surface area (Å²) < 4.78 is 1.82. The van der Waals surface area contributed by atoms with Gasteiger partial charge in [0.15, 0.2) is 4.96 Å². The van der Waals surface area contributed by atoms with Crippen LogP contribution in [0, 0.1) is 6.92 Å².